The fraction of sp³-hybridized carbons (Fsp3) is 0.333. The minimum Gasteiger partial charge on any atom is -0.317 e. The molecule has 0 aliphatic heterocycles. The van der Waals surface area contributed by atoms with Crippen molar-refractivity contribution in [2.45, 2.75) is 0 Å². The van der Waals surface area contributed by atoms with Gasteiger partial charge < -0.3 is 4.33 Å². The first-order valence-corrected chi connectivity index (χ1v) is 2.50. The molecule has 0 bridgehead atoms. The van der Waals surface area contributed by atoms with Crippen molar-refractivity contribution < 1.29 is 0 Å². The Bertz CT molecular complexity index is 112. The van der Waals surface area contributed by atoms with E-state index in [4.69, 9.17) is 0 Å². The average molecular weight is 100 g/mol. The minimum atomic E-state index is 1.04. The van der Waals surface area contributed by atoms with Gasteiger partial charge in [-0.3, -0.25) is 0 Å². The molecule has 1 heterocycles. The lowest BCUT2D eigenvalue weighted by atomic mass is 10.9. The summed E-state index contributed by atoms with van der Waals surface area (Å²) in [5.41, 5.74) is 0. The summed E-state index contributed by atoms with van der Waals surface area (Å²) in [7, 11) is 3.02. The maximum Gasteiger partial charge on any atom is 0.131 e. The van der Waals surface area contributed by atoms with Crippen LogP contribution in [0, 0.1) is 0 Å². The molecule has 0 spiro atoms. The van der Waals surface area contributed by atoms with Crippen LogP contribution in [0.5, 0.6) is 0 Å². The van der Waals surface area contributed by atoms with Gasteiger partial charge in [0.2, 0.25) is 0 Å². The van der Waals surface area contributed by atoms with Gasteiger partial charge in [0.05, 0.1) is 0 Å². The zero-order valence-corrected chi connectivity index (χ0v) is 4.39. The van der Waals surface area contributed by atoms with Crippen LogP contribution in [0.3, 0.4) is 0 Å². The van der Waals surface area contributed by atoms with E-state index in [2.05, 4.69) is 4.75 Å². The second-order valence-corrected chi connectivity index (χ2v) is 2.12. The van der Waals surface area contributed by atoms with Crippen molar-refractivity contribution in [3.8, 4) is 0 Å². The molecule has 32 valence electrons. The van der Waals surface area contributed by atoms with Crippen molar-refractivity contribution in [1.82, 2.24) is 9.08 Å². The monoisotopic (exact) mass is 100 g/mol. The SMILES string of the molecule is Cn1ccnp1. The Labute approximate surface area is 38.1 Å². The van der Waals surface area contributed by atoms with Gasteiger partial charge in [0.25, 0.3) is 0 Å². The van der Waals surface area contributed by atoms with E-state index in [1.807, 2.05) is 17.6 Å². The molecular weight excluding hydrogens is 95.0 g/mol. The summed E-state index contributed by atoms with van der Waals surface area (Å²) in [4.78, 5) is 0. The molecule has 0 fully saturated rings. The largest absolute Gasteiger partial charge is 0.317 e. The maximum atomic E-state index is 3.88. The highest BCUT2D eigenvalue weighted by Gasteiger charge is 1.71. The second-order valence-electron chi connectivity index (χ2n) is 1.08. The summed E-state index contributed by atoms with van der Waals surface area (Å²) in [5, 5.41) is 0. The van der Waals surface area contributed by atoms with Crippen LogP contribution in [0.1, 0.15) is 0 Å². The van der Waals surface area contributed by atoms with E-state index in [9.17, 15) is 0 Å². The highest BCUT2D eigenvalue weighted by molar-refractivity contribution is 7.21. The van der Waals surface area contributed by atoms with Crippen molar-refractivity contribution >= 4 is 8.51 Å². The summed E-state index contributed by atoms with van der Waals surface area (Å²) in [5.74, 6) is 0. The van der Waals surface area contributed by atoms with E-state index in [1.165, 1.54) is 0 Å². The predicted molar refractivity (Wildman–Crippen MR) is 25.7 cm³/mol. The predicted octanol–water partition coefficient (Wildman–Crippen LogP) is 1.00. The van der Waals surface area contributed by atoms with E-state index in [0.717, 1.165) is 8.51 Å². The zero-order chi connectivity index (χ0) is 4.41. The molecule has 3 heteroatoms. The Morgan fingerprint density at radius 2 is 2.67 bits per heavy atom. The third-order valence-electron chi connectivity index (χ3n) is 0.542. The van der Waals surface area contributed by atoms with Crippen LogP contribution in [-0.2, 0) is 7.05 Å². The molecule has 0 aliphatic carbocycles. The Kier molecular flexibility index (Phi) is 0.887. The van der Waals surface area contributed by atoms with Crippen LogP contribution in [0.25, 0.3) is 0 Å². The molecule has 0 saturated heterocycles. The summed E-state index contributed by atoms with van der Waals surface area (Å²) in [6.45, 7) is 0. The van der Waals surface area contributed by atoms with E-state index in [0.29, 0.717) is 0 Å². The molecule has 0 aromatic carbocycles. The standard InChI is InChI=1S/C3H5N2P/c1-5-3-2-4-6-5/h2-3H,1H3. The Morgan fingerprint density at radius 3 is 2.83 bits per heavy atom. The Morgan fingerprint density at radius 1 is 1.83 bits per heavy atom. The molecule has 0 amide bonds. The number of nitrogens with zero attached hydrogens (tertiary/aromatic N) is 2. The van der Waals surface area contributed by atoms with Crippen LogP contribution in [0.15, 0.2) is 12.4 Å². The van der Waals surface area contributed by atoms with Gasteiger partial charge in [-0.15, -0.1) is 0 Å². The Hall–Kier alpha value is -0.360. The van der Waals surface area contributed by atoms with Crippen molar-refractivity contribution in [3.63, 3.8) is 0 Å². The van der Waals surface area contributed by atoms with Crippen LogP contribution < -0.4 is 0 Å². The molecular formula is C3H5N2P. The van der Waals surface area contributed by atoms with Gasteiger partial charge in [-0.25, -0.2) is 4.75 Å². The van der Waals surface area contributed by atoms with Gasteiger partial charge in [-0.05, 0) is 0 Å². The lowest BCUT2D eigenvalue weighted by Crippen LogP contribution is -1.69. The van der Waals surface area contributed by atoms with Crippen LogP contribution in [0.4, 0.5) is 0 Å². The maximum absolute atomic E-state index is 3.88. The first-order chi connectivity index (χ1) is 2.89. The molecule has 0 atom stereocenters. The van der Waals surface area contributed by atoms with Gasteiger partial charge in [0.1, 0.15) is 8.51 Å². The number of hydrogen-bond acceptors (Lipinski definition) is 1. The lowest BCUT2D eigenvalue weighted by molar-refractivity contribution is 1.03. The molecule has 0 N–H and O–H groups in total. The van der Waals surface area contributed by atoms with Gasteiger partial charge in [-0.1, -0.05) is 0 Å². The van der Waals surface area contributed by atoms with Gasteiger partial charge in [0, 0.05) is 19.4 Å². The summed E-state index contributed by atoms with van der Waals surface area (Å²) in [6.07, 6.45) is 3.73. The van der Waals surface area contributed by atoms with Crippen LogP contribution in [-0.4, -0.2) is 9.08 Å². The van der Waals surface area contributed by atoms with Crippen LogP contribution >= 0.6 is 8.51 Å². The minimum absolute atomic E-state index is 1.04. The van der Waals surface area contributed by atoms with Gasteiger partial charge in [-0.2, -0.15) is 0 Å². The Balaban J connectivity index is 3.05. The molecule has 0 aliphatic rings. The van der Waals surface area contributed by atoms with E-state index < -0.39 is 0 Å². The molecule has 0 saturated carbocycles. The molecule has 0 radical (unpaired) electrons. The zero-order valence-electron chi connectivity index (χ0n) is 3.50. The van der Waals surface area contributed by atoms with Crippen molar-refractivity contribution in [3.05, 3.63) is 12.4 Å². The number of aryl methyl sites for hydroxylation is 1. The van der Waals surface area contributed by atoms with E-state index in [-0.39, 0.29) is 0 Å². The number of aromatic nitrogens is 2. The summed E-state index contributed by atoms with van der Waals surface area (Å²) < 4.78 is 5.87. The molecule has 2 nitrogen and oxygen atoms in total. The second kappa shape index (κ2) is 1.39. The first kappa shape index (κ1) is 3.82. The molecule has 6 heavy (non-hydrogen) atoms. The van der Waals surface area contributed by atoms with Crippen molar-refractivity contribution in [1.29, 1.82) is 0 Å². The highest BCUT2D eigenvalue weighted by atomic mass is 31.1. The highest BCUT2D eigenvalue weighted by Crippen LogP contribution is 1.92. The van der Waals surface area contributed by atoms with E-state index >= 15 is 0 Å². The normalized spacial score (nSPS) is 10.2. The molecule has 1 rings (SSSR count). The number of hydrogen-bond donors (Lipinski definition) is 0. The molecule has 1 aromatic heterocycles. The molecule has 1 aromatic rings. The van der Waals surface area contributed by atoms with Gasteiger partial charge >= 0.3 is 0 Å². The summed E-state index contributed by atoms with van der Waals surface area (Å²) >= 11 is 0. The van der Waals surface area contributed by atoms with Crippen LogP contribution in [0.2, 0.25) is 0 Å². The fourth-order valence-electron chi connectivity index (χ4n) is 0.267. The van der Waals surface area contributed by atoms with E-state index in [1.54, 1.807) is 6.20 Å². The van der Waals surface area contributed by atoms with Crippen molar-refractivity contribution in [2.24, 2.45) is 7.05 Å². The summed E-state index contributed by atoms with van der Waals surface area (Å²) in [6, 6.07) is 0. The lowest BCUT2D eigenvalue weighted by Gasteiger charge is -1.74. The average Bonchev–Trinajstić information content (AvgIpc) is 1.86. The van der Waals surface area contributed by atoms with Crippen molar-refractivity contribution in [2.75, 3.05) is 0 Å². The fourth-order valence-corrected chi connectivity index (χ4v) is 0.669. The smallest absolute Gasteiger partial charge is 0.131 e. The van der Waals surface area contributed by atoms with Gasteiger partial charge in [0.15, 0.2) is 0 Å². The topological polar surface area (TPSA) is 17.8 Å². The first-order valence-electron chi connectivity index (χ1n) is 1.70. The third kappa shape index (κ3) is 0.575. The third-order valence-corrected chi connectivity index (χ3v) is 1.19. The quantitative estimate of drug-likeness (QED) is 0.475. The molecule has 0 unspecified atom stereocenters. The number of rotatable bonds is 0.